The predicted molar refractivity (Wildman–Crippen MR) is 125 cm³/mol. The molecule has 10 heteroatoms. The standard InChI is InChI=1S/C23H22N4O5S/c1-31-14-13-25-22(28)16-5-9-17(10-6-16)26-23-27-20-4-2-3-19(21(20)32-23)15-7-11-18(12-8-15)33(24,29)30/h2-12H,13-14H2,1H3,(H,25,28)(H,26,27)(H2,24,29,30). The number of para-hydroxylation sites is 1. The fourth-order valence-electron chi connectivity index (χ4n) is 3.25. The van der Waals surface area contributed by atoms with E-state index in [9.17, 15) is 13.2 Å². The SMILES string of the molecule is COCCNC(=O)c1ccc(Nc2nc3cccc(-c4ccc(S(N)(=O)=O)cc4)c3o2)cc1. The van der Waals surface area contributed by atoms with Gasteiger partial charge in [-0.05, 0) is 48.0 Å². The summed E-state index contributed by atoms with van der Waals surface area (Å²) in [5.41, 5.74) is 3.95. The van der Waals surface area contributed by atoms with E-state index < -0.39 is 10.0 Å². The average Bonchev–Trinajstić information content (AvgIpc) is 3.21. The Bertz CT molecular complexity index is 1380. The normalized spacial score (nSPS) is 11.5. The molecule has 0 fully saturated rings. The van der Waals surface area contributed by atoms with Gasteiger partial charge in [-0.2, -0.15) is 4.98 Å². The maximum absolute atomic E-state index is 12.1. The van der Waals surface area contributed by atoms with Crippen LogP contribution in [0.4, 0.5) is 11.7 Å². The van der Waals surface area contributed by atoms with Crippen LogP contribution in [0.3, 0.4) is 0 Å². The summed E-state index contributed by atoms with van der Waals surface area (Å²) in [4.78, 5) is 16.6. The van der Waals surface area contributed by atoms with E-state index in [1.807, 2.05) is 18.2 Å². The highest BCUT2D eigenvalue weighted by atomic mass is 32.2. The number of amides is 1. The quantitative estimate of drug-likeness (QED) is 0.339. The Morgan fingerprint density at radius 1 is 1.06 bits per heavy atom. The molecule has 0 radical (unpaired) electrons. The number of nitrogens with zero attached hydrogens (tertiary/aromatic N) is 1. The number of aromatic nitrogens is 1. The van der Waals surface area contributed by atoms with Crippen molar-refractivity contribution in [3.63, 3.8) is 0 Å². The maximum atomic E-state index is 12.1. The zero-order chi connectivity index (χ0) is 23.4. The van der Waals surface area contributed by atoms with E-state index in [0.717, 1.165) is 11.1 Å². The minimum atomic E-state index is -3.77. The number of rotatable bonds is 8. The van der Waals surface area contributed by atoms with Gasteiger partial charge in [-0.1, -0.05) is 24.3 Å². The molecule has 1 aromatic heterocycles. The molecule has 0 aliphatic rings. The van der Waals surface area contributed by atoms with Crippen molar-refractivity contribution in [2.45, 2.75) is 4.90 Å². The third kappa shape index (κ3) is 5.20. The lowest BCUT2D eigenvalue weighted by Gasteiger charge is -2.06. The van der Waals surface area contributed by atoms with Crippen LogP contribution < -0.4 is 15.8 Å². The largest absolute Gasteiger partial charge is 0.423 e. The second-order valence-corrected chi connectivity index (χ2v) is 8.75. The molecule has 4 rings (SSSR count). The first-order valence-corrected chi connectivity index (χ1v) is 11.6. The summed E-state index contributed by atoms with van der Waals surface area (Å²) in [6.45, 7) is 0.882. The van der Waals surface area contributed by atoms with Crippen molar-refractivity contribution >= 4 is 38.7 Å². The van der Waals surface area contributed by atoms with Gasteiger partial charge < -0.3 is 19.8 Å². The maximum Gasteiger partial charge on any atom is 0.300 e. The van der Waals surface area contributed by atoms with E-state index in [0.29, 0.717) is 35.5 Å². The van der Waals surface area contributed by atoms with Crippen LogP contribution in [-0.4, -0.2) is 39.6 Å². The van der Waals surface area contributed by atoms with Crippen molar-refractivity contribution < 1.29 is 22.4 Å². The molecule has 0 spiro atoms. The number of sulfonamides is 1. The van der Waals surface area contributed by atoms with E-state index in [-0.39, 0.29) is 16.8 Å². The van der Waals surface area contributed by atoms with Gasteiger partial charge in [0.1, 0.15) is 5.52 Å². The van der Waals surface area contributed by atoms with Crippen molar-refractivity contribution in [1.82, 2.24) is 10.3 Å². The Morgan fingerprint density at radius 3 is 2.45 bits per heavy atom. The van der Waals surface area contributed by atoms with Crippen LogP contribution >= 0.6 is 0 Å². The van der Waals surface area contributed by atoms with E-state index in [4.69, 9.17) is 14.3 Å². The zero-order valence-corrected chi connectivity index (χ0v) is 18.6. The first kappa shape index (κ1) is 22.5. The highest BCUT2D eigenvalue weighted by Crippen LogP contribution is 2.32. The number of benzene rings is 3. The molecular formula is C23H22N4O5S. The molecule has 9 nitrogen and oxygen atoms in total. The molecule has 0 unspecified atom stereocenters. The number of fused-ring (bicyclic) bond motifs is 1. The van der Waals surface area contributed by atoms with Crippen LogP contribution in [0, 0.1) is 0 Å². The average molecular weight is 467 g/mol. The number of hydrogen-bond acceptors (Lipinski definition) is 7. The Labute approximate surface area is 190 Å². The molecule has 1 heterocycles. The van der Waals surface area contributed by atoms with Gasteiger partial charge in [-0.25, -0.2) is 13.6 Å². The molecule has 0 saturated carbocycles. The summed E-state index contributed by atoms with van der Waals surface area (Å²) in [5, 5.41) is 11.0. The molecule has 0 saturated heterocycles. The molecular weight excluding hydrogens is 444 g/mol. The molecule has 33 heavy (non-hydrogen) atoms. The molecule has 170 valence electrons. The monoisotopic (exact) mass is 466 g/mol. The van der Waals surface area contributed by atoms with Crippen LogP contribution in [-0.2, 0) is 14.8 Å². The molecule has 1 amide bonds. The van der Waals surface area contributed by atoms with Crippen LogP contribution in [0.25, 0.3) is 22.2 Å². The topological polar surface area (TPSA) is 137 Å². The summed E-state index contributed by atoms with van der Waals surface area (Å²) in [5.74, 6) is -0.182. The van der Waals surface area contributed by atoms with E-state index in [2.05, 4.69) is 15.6 Å². The summed E-state index contributed by atoms with van der Waals surface area (Å²) in [6, 6.07) is 19.0. The Kier molecular flexibility index (Phi) is 6.40. The van der Waals surface area contributed by atoms with Crippen molar-refractivity contribution in [3.05, 3.63) is 72.3 Å². The van der Waals surface area contributed by atoms with E-state index in [1.54, 1.807) is 43.5 Å². The van der Waals surface area contributed by atoms with Gasteiger partial charge in [-0.15, -0.1) is 0 Å². The number of carbonyl (C=O) groups excluding carboxylic acids is 1. The fourth-order valence-corrected chi connectivity index (χ4v) is 3.77. The summed E-state index contributed by atoms with van der Waals surface area (Å²) < 4.78 is 33.9. The molecule has 0 aliphatic carbocycles. The van der Waals surface area contributed by atoms with E-state index >= 15 is 0 Å². The number of primary sulfonamides is 1. The molecule has 0 bridgehead atoms. The van der Waals surface area contributed by atoms with Crippen molar-refractivity contribution in [1.29, 1.82) is 0 Å². The Balaban J connectivity index is 1.54. The van der Waals surface area contributed by atoms with Gasteiger partial charge in [-0.3, -0.25) is 4.79 Å². The molecule has 4 aromatic rings. The second kappa shape index (κ2) is 9.41. The van der Waals surface area contributed by atoms with Crippen LogP contribution in [0.5, 0.6) is 0 Å². The highest BCUT2D eigenvalue weighted by molar-refractivity contribution is 7.89. The molecule has 4 N–H and O–H groups in total. The second-order valence-electron chi connectivity index (χ2n) is 7.19. The lowest BCUT2D eigenvalue weighted by molar-refractivity contribution is 0.0937. The van der Waals surface area contributed by atoms with Gasteiger partial charge in [0.2, 0.25) is 10.0 Å². The number of carbonyl (C=O) groups is 1. The van der Waals surface area contributed by atoms with Crippen LogP contribution in [0.2, 0.25) is 0 Å². The van der Waals surface area contributed by atoms with Gasteiger partial charge in [0.25, 0.3) is 11.9 Å². The van der Waals surface area contributed by atoms with Crippen LogP contribution in [0.1, 0.15) is 10.4 Å². The number of nitrogens with two attached hydrogens (primary N) is 1. The smallest absolute Gasteiger partial charge is 0.300 e. The molecule has 0 aliphatic heterocycles. The lowest BCUT2D eigenvalue weighted by Crippen LogP contribution is -2.26. The molecule has 0 atom stereocenters. The van der Waals surface area contributed by atoms with E-state index in [1.165, 1.54) is 12.1 Å². The minimum Gasteiger partial charge on any atom is -0.423 e. The minimum absolute atomic E-state index is 0.0363. The molecule has 3 aromatic carbocycles. The van der Waals surface area contributed by atoms with Crippen LogP contribution in [0.15, 0.2) is 76.0 Å². The Morgan fingerprint density at radius 2 is 1.79 bits per heavy atom. The fraction of sp³-hybridized carbons (Fsp3) is 0.130. The zero-order valence-electron chi connectivity index (χ0n) is 17.7. The van der Waals surface area contributed by atoms with Gasteiger partial charge >= 0.3 is 0 Å². The van der Waals surface area contributed by atoms with Crippen molar-refractivity contribution in [3.8, 4) is 11.1 Å². The first-order chi connectivity index (χ1) is 15.8. The van der Waals surface area contributed by atoms with Gasteiger partial charge in [0, 0.05) is 30.5 Å². The number of methoxy groups -OCH3 is 1. The summed E-state index contributed by atoms with van der Waals surface area (Å²) >= 11 is 0. The number of ether oxygens (including phenoxy) is 1. The van der Waals surface area contributed by atoms with Gasteiger partial charge in [0.05, 0.1) is 11.5 Å². The summed E-state index contributed by atoms with van der Waals surface area (Å²) in [6.07, 6.45) is 0. The third-order valence-corrected chi connectivity index (χ3v) is 5.83. The third-order valence-electron chi connectivity index (χ3n) is 4.90. The lowest BCUT2D eigenvalue weighted by atomic mass is 10.1. The summed E-state index contributed by atoms with van der Waals surface area (Å²) in [7, 11) is -2.19. The van der Waals surface area contributed by atoms with Crippen molar-refractivity contribution in [2.75, 3.05) is 25.6 Å². The number of oxazole rings is 1. The number of nitrogens with one attached hydrogen (secondary N) is 2. The Hall–Kier alpha value is -3.73. The number of hydrogen-bond donors (Lipinski definition) is 3. The van der Waals surface area contributed by atoms with Gasteiger partial charge in [0.15, 0.2) is 5.58 Å². The van der Waals surface area contributed by atoms with Crippen molar-refractivity contribution in [2.24, 2.45) is 5.14 Å². The predicted octanol–water partition coefficient (Wildman–Crippen LogP) is 3.26. The highest BCUT2D eigenvalue weighted by Gasteiger charge is 2.14. The number of anilines is 2. The first-order valence-electron chi connectivity index (χ1n) is 10.0.